The highest BCUT2D eigenvalue weighted by molar-refractivity contribution is 6.26. The Morgan fingerprint density at radius 2 is 0.282 bits per heavy atom. The molecule has 0 aliphatic rings. The van der Waals surface area contributed by atoms with E-state index >= 15 is 0 Å². The van der Waals surface area contributed by atoms with Gasteiger partial charge in [-0.1, -0.05) is 413 Å². The van der Waals surface area contributed by atoms with Crippen molar-refractivity contribution in [3.63, 3.8) is 0 Å². The van der Waals surface area contributed by atoms with Crippen LogP contribution in [0.2, 0.25) is 0 Å². The first-order chi connectivity index (χ1) is 61.6. The van der Waals surface area contributed by atoms with Gasteiger partial charge in [0.25, 0.3) is 0 Å². The molecular formula is C122H84N2. The minimum atomic E-state index is 1.12. The highest BCUT2D eigenvalue weighted by Gasteiger charge is 2.27. The van der Waals surface area contributed by atoms with Gasteiger partial charge in [-0.25, -0.2) is 0 Å². The molecule has 0 fully saturated rings. The SMILES string of the molecule is c1ccc(-c2cc(-c3ccccc3)cc(-c3c4ccccc4c(-c4cc(-c5ccccc5)cc(-c5ccccc5)c4)c4ccccc34)c2)cc1.c1ccc(N(c2ccccc2)c2c3ccccc3c(N(c3ccccc3)c3ccccc3)c3ccccc23)cc1.c1ccc2cc(-c3c4ccccc4c(-c4ccc5ccccc5c4)c4ccccc34)ccc2c1. The zero-order valence-corrected chi connectivity index (χ0v) is 68.4. The van der Waals surface area contributed by atoms with Crippen LogP contribution in [0.4, 0.5) is 34.1 Å². The maximum Gasteiger partial charge on any atom is 0.0619 e. The molecule has 0 spiro atoms. The average Bonchev–Trinajstić information content (AvgIpc) is 0.637. The molecule has 23 rings (SSSR count). The van der Waals surface area contributed by atoms with Crippen LogP contribution in [0.15, 0.2) is 510 Å². The Bertz CT molecular complexity index is 6980. The third kappa shape index (κ3) is 14.6. The largest absolute Gasteiger partial charge is 0.309 e. The second kappa shape index (κ2) is 33.9. The topological polar surface area (TPSA) is 6.48 Å². The number of anilines is 6. The first-order valence-electron chi connectivity index (χ1n) is 42.7. The fourth-order valence-electron chi connectivity index (χ4n) is 18.6. The molecule has 0 unspecified atom stereocenters. The van der Waals surface area contributed by atoms with Crippen molar-refractivity contribution in [1.82, 2.24) is 0 Å². The number of nitrogens with zero attached hydrogens (tertiary/aromatic N) is 2. The maximum absolute atomic E-state index is 2.39. The standard InChI is InChI=1S/C50H34.C38H28N2.C34H22/c1-5-17-35(18-6-1)39-29-40(36-19-7-2-8-20-36)32-43(31-39)49-45-25-13-15-27-47(45)50(48-28-16-14-26-46(48)49)44-33-41(37-21-9-3-10-22-37)30-42(34-44)38-23-11-4-12-24-38;1-5-17-29(18-6-1)39(30-19-7-2-8-20-30)37-33-25-13-15-27-35(33)38(36-28-16-14-26-34(36)37)40(31-21-9-3-10-22-31)32-23-11-4-12-24-32;1-3-11-25-21-27(19-17-23(25)9-1)33-29-13-5-7-15-31(29)34(32-16-8-6-14-30(32)33)28-20-18-24-10-2-4-12-26(24)22-28/h1-34H;1-28H;1-22H. The molecule has 0 atom stereocenters. The Morgan fingerprint density at radius 1 is 0.105 bits per heavy atom. The molecule has 23 aromatic carbocycles. The van der Waals surface area contributed by atoms with E-state index in [4.69, 9.17) is 0 Å². The number of rotatable bonds is 14. The molecule has 23 aromatic rings. The quantitative estimate of drug-likeness (QED) is 0.0791. The Labute approximate surface area is 723 Å². The van der Waals surface area contributed by atoms with Gasteiger partial charge in [0.2, 0.25) is 0 Å². The van der Waals surface area contributed by atoms with E-state index in [-0.39, 0.29) is 0 Å². The molecule has 0 saturated carbocycles. The van der Waals surface area contributed by atoms with Gasteiger partial charge < -0.3 is 9.80 Å². The van der Waals surface area contributed by atoms with Crippen molar-refractivity contribution in [2.75, 3.05) is 9.80 Å². The fourth-order valence-corrected chi connectivity index (χ4v) is 18.6. The minimum absolute atomic E-state index is 1.12. The Kier molecular flexibility index (Phi) is 20.5. The van der Waals surface area contributed by atoms with Gasteiger partial charge in [0.1, 0.15) is 0 Å². The van der Waals surface area contributed by atoms with Crippen LogP contribution < -0.4 is 9.80 Å². The van der Waals surface area contributed by atoms with Crippen molar-refractivity contribution in [2.24, 2.45) is 0 Å². The number of fused-ring (bicyclic) bond motifs is 8. The highest BCUT2D eigenvalue weighted by atomic mass is 15.2. The fraction of sp³-hybridized carbons (Fsp3) is 0. The Hall–Kier alpha value is -16.3. The van der Waals surface area contributed by atoms with Crippen LogP contribution >= 0.6 is 0 Å². The summed E-state index contributed by atoms with van der Waals surface area (Å²) >= 11 is 0. The van der Waals surface area contributed by atoms with Crippen molar-refractivity contribution in [1.29, 1.82) is 0 Å². The van der Waals surface area contributed by atoms with Gasteiger partial charge in [0.05, 0.1) is 11.4 Å². The van der Waals surface area contributed by atoms with Gasteiger partial charge >= 0.3 is 0 Å². The van der Waals surface area contributed by atoms with Gasteiger partial charge in [0.15, 0.2) is 0 Å². The first-order valence-corrected chi connectivity index (χ1v) is 42.7. The summed E-state index contributed by atoms with van der Waals surface area (Å²) in [6, 6.07) is 184. The monoisotopic (exact) mass is 1580 g/mol. The molecule has 0 aromatic heterocycles. The lowest BCUT2D eigenvalue weighted by Gasteiger charge is -2.32. The number of para-hydroxylation sites is 4. The van der Waals surface area contributed by atoms with E-state index in [0.717, 1.165) is 22.7 Å². The third-order valence-electron chi connectivity index (χ3n) is 24.2. The molecule has 124 heavy (non-hydrogen) atoms. The summed E-state index contributed by atoms with van der Waals surface area (Å²) in [6.45, 7) is 0. The first kappa shape index (κ1) is 75.2. The number of hydrogen-bond donors (Lipinski definition) is 0. The van der Waals surface area contributed by atoms with Gasteiger partial charge in [-0.2, -0.15) is 0 Å². The van der Waals surface area contributed by atoms with Crippen LogP contribution in [0.5, 0.6) is 0 Å². The van der Waals surface area contributed by atoms with E-state index in [1.165, 1.54) is 187 Å². The van der Waals surface area contributed by atoms with Gasteiger partial charge in [0, 0.05) is 44.3 Å². The minimum Gasteiger partial charge on any atom is -0.309 e. The van der Waals surface area contributed by atoms with Crippen LogP contribution in [-0.2, 0) is 0 Å². The summed E-state index contributed by atoms with van der Waals surface area (Å²) in [4.78, 5) is 4.79. The third-order valence-corrected chi connectivity index (χ3v) is 24.2. The van der Waals surface area contributed by atoms with Crippen LogP contribution in [0.1, 0.15) is 0 Å². The second-order valence-electron chi connectivity index (χ2n) is 31.7. The molecule has 0 aliphatic carbocycles. The van der Waals surface area contributed by atoms with Gasteiger partial charge in [-0.05, 0) is 251 Å². The van der Waals surface area contributed by atoms with Crippen LogP contribution in [0.25, 0.3) is 175 Å². The molecule has 2 heteroatoms. The molecule has 0 radical (unpaired) electrons. The van der Waals surface area contributed by atoms with Crippen molar-refractivity contribution in [3.8, 4) is 89.0 Å². The molecule has 0 heterocycles. The Morgan fingerprint density at radius 3 is 0.516 bits per heavy atom. The summed E-state index contributed by atoms with van der Waals surface area (Å²) in [6.07, 6.45) is 0. The lowest BCUT2D eigenvalue weighted by molar-refractivity contribution is 1.29. The molecule has 0 saturated heterocycles. The number of hydrogen-bond acceptors (Lipinski definition) is 2. The predicted molar refractivity (Wildman–Crippen MR) is 532 cm³/mol. The van der Waals surface area contributed by atoms with E-state index in [0.29, 0.717) is 0 Å². The summed E-state index contributed by atoms with van der Waals surface area (Å²) in [5.74, 6) is 0. The lowest BCUT2D eigenvalue weighted by atomic mass is 9.83. The van der Waals surface area contributed by atoms with E-state index < -0.39 is 0 Å². The van der Waals surface area contributed by atoms with Gasteiger partial charge in [-0.15, -0.1) is 0 Å². The summed E-state index contributed by atoms with van der Waals surface area (Å²) in [5, 5.41) is 20.0. The van der Waals surface area contributed by atoms with E-state index in [1.807, 2.05) is 0 Å². The predicted octanol–water partition coefficient (Wildman–Crippen LogP) is 34.6. The molecule has 2 nitrogen and oxygen atoms in total. The lowest BCUT2D eigenvalue weighted by Crippen LogP contribution is -2.14. The van der Waals surface area contributed by atoms with Crippen molar-refractivity contribution in [2.45, 2.75) is 0 Å². The normalized spacial score (nSPS) is 11.2. The van der Waals surface area contributed by atoms with Crippen LogP contribution in [-0.4, -0.2) is 0 Å². The number of benzene rings is 23. The molecule has 0 aliphatic heterocycles. The summed E-state index contributed by atoms with van der Waals surface area (Å²) in [7, 11) is 0. The second-order valence-corrected chi connectivity index (χ2v) is 31.7. The Balaban J connectivity index is 0.000000116. The molecule has 0 bridgehead atoms. The average molecular weight is 1580 g/mol. The van der Waals surface area contributed by atoms with E-state index in [9.17, 15) is 0 Å². The molecule has 0 N–H and O–H groups in total. The van der Waals surface area contributed by atoms with Crippen molar-refractivity contribution >= 4 is 120 Å². The zero-order valence-electron chi connectivity index (χ0n) is 68.4. The van der Waals surface area contributed by atoms with Crippen molar-refractivity contribution < 1.29 is 0 Å². The molecular weight excluding hydrogens is 1490 g/mol. The molecule has 582 valence electrons. The maximum atomic E-state index is 2.39. The smallest absolute Gasteiger partial charge is 0.0619 e. The van der Waals surface area contributed by atoms with E-state index in [2.05, 4.69) is 519 Å². The zero-order chi connectivity index (χ0) is 82.5. The van der Waals surface area contributed by atoms with Crippen molar-refractivity contribution in [3.05, 3.63) is 510 Å². The summed E-state index contributed by atoms with van der Waals surface area (Å²) in [5.41, 5.74) is 26.6. The molecule has 0 amide bonds. The summed E-state index contributed by atoms with van der Waals surface area (Å²) < 4.78 is 0. The van der Waals surface area contributed by atoms with Gasteiger partial charge in [-0.3, -0.25) is 0 Å². The van der Waals surface area contributed by atoms with E-state index in [1.54, 1.807) is 0 Å². The highest BCUT2D eigenvalue weighted by Crippen LogP contribution is 2.53. The van der Waals surface area contributed by atoms with Crippen LogP contribution in [0, 0.1) is 0 Å². The van der Waals surface area contributed by atoms with Crippen LogP contribution in [0.3, 0.4) is 0 Å².